The minimum atomic E-state index is -0.669. The average Bonchev–Trinajstić information content (AvgIpc) is 3.44. The molecule has 0 aliphatic heterocycles. The summed E-state index contributed by atoms with van der Waals surface area (Å²) in [6.45, 7) is 0.528. The van der Waals surface area contributed by atoms with Crippen LogP contribution in [0.1, 0.15) is 57.7 Å². The molecule has 1 amide bonds. The van der Waals surface area contributed by atoms with Crippen LogP contribution in [0.25, 0.3) is 5.69 Å². The Labute approximate surface area is 165 Å². The van der Waals surface area contributed by atoms with Gasteiger partial charge in [0.25, 0.3) is 5.91 Å². The van der Waals surface area contributed by atoms with E-state index in [4.69, 9.17) is 0 Å². The fraction of sp³-hybridized carbons (Fsp3) is 0.333. The first-order valence-electron chi connectivity index (χ1n) is 9.50. The molecular formula is C21H19F2N3OS. The zero-order valence-electron chi connectivity index (χ0n) is 15.1. The van der Waals surface area contributed by atoms with Gasteiger partial charge >= 0.3 is 0 Å². The van der Waals surface area contributed by atoms with Gasteiger partial charge in [0.2, 0.25) is 0 Å². The molecular weight excluding hydrogens is 380 g/mol. The Morgan fingerprint density at radius 1 is 1.25 bits per heavy atom. The van der Waals surface area contributed by atoms with E-state index in [1.807, 2.05) is 17.5 Å². The van der Waals surface area contributed by atoms with Gasteiger partial charge in [-0.25, -0.2) is 13.5 Å². The summed E-state index contributed by atoms with van der Waals surface area (Å²) in [6, 6.07) is 7.50. The maximum atomic E-state index is 14.4. The summed E-state index contributed by atoms with van der Waals surface area (Å²) in [5, 5.41) is 9.46. The first-order valence-corrected chi connectivity index (χ1v) is 10.4. The molecule has 2 atom stereocenters. The third kappa shape index (κ3) is 2.85. The number of hydrogen-bond donors (Lipinski definition) is 1. The van der Waals surface area contributed by atoms with Gasteiger partial charge in [-0.2, -0.15) is 5.10 Å². The third-order valence-corrected chi connectivity index (χ3v) is 6.71. The van der Waals surface area contributed by atoms with E-state index in [9.17, 15) is 13.6 Å². The molecule has 2 unspecified atom stereocenters. The fourth-order valence-electron chi connectivity index (χ4n) is 4.57. The van der Waals surface area contributed by atoms with Crippen LogP contribution in [0.4, 0.5) is 8.78 Å². The lowest BCUT2D eigenvalue weighted by atomic mass is 9.95. The van der Waals surface area contributed by atoms with E-state index in [1.165, 1.54) is 21.7 Å². The van der Waals surface area contributed by atoms with Gasteiger partial charge in [0.1, 0.15) is 11.5 Å². The molecule has 5 rings (SSSR count). The van der Waals surface area contributed by atoms with E-state index >= 15 is 0 Å². The maximum Gasteiger partial charge on any atom is 0.272 e. The number of halogens is 2. The van der Waals surface area contributed by atoms with Crippen molar-refractivity contribution in [2.45, 2.75) is 37.5 Å². The number of carbonyl (C=O) groups is 1. The van der Waals surface area contributed by atoms with E-state index in [1.54, 1.807) is 11.3 Å². The molecule has 28 heavy (non-hydrogen) atoms. The molecule has 1 saturated carbocycles. The number of hydrogen-bond acceptors (Lipinski definition) is 3. The number of thiophene rings is 1. The van der Waals surface area contributed by atoms with Crippen LogP contribution in [0.3, 0.4) is 0 Å². The van der Waals surface area contributed by atoms with Crippen LogP contribution in [-0.4, -0.2) is 22.2 Å². The first kappa shape index (κ1) is 17.6. The molecule has 1 aromatic carbocycles. The number of aromatic nitrogens is 2. The topological polar surface area (TPSA) is 46.9 Å². The molecule has 2 aromatic heterocycles. The lowest BCUT2D eigenvalue weighted by molar-refractivity contribution is 0.0947. The standard InChI is InChI=1S/C21H19F2N3OS/c22-14-5-6-17(16(23)11-14)26-20-13-4-3-12(10-13)18(20)19(25-26)21(27)24-8-7-15-2-1-9-28-15/h1-2,5-6,9,11-13H,3-4,7-8,10H2,(H,24,27). The molecule has 3 aromatic rings. The van der Waals surface area contributed by atoms with E-state index in [2.05, 4.69) is 10.4 Å². The SMILES string of the molecule is O=C(NCCc1cccs1)c1nn(-c2ccc(F)cc2F)c2c1C1CCC2C1. The lowest BCUT2D eigenvalue weighted by Crippen LogP contribution is -2.27. The second kappa shape index (κ2) is 6.81. The molecule has 2 bridgehead atoms. The van der Waals surface area contributed by atoms with Crippen molar-refractivity contribution in [3.8, 4) is 5.69 Å². The average molecular weight is 399 g/mol. The van der Waals surface area contributed by atoms with Crippen molar-refractivity contribution in [2.75, 3.05) is 6.54 Å². The molecule has 0 radical (unpaired) electrons. The summed E-state index contributed by atoms with van der Waals surface area (Å²) in [5.74, 6) is -0.933. The Kier molecular flexibility index (Phi) is 4.27. The highest BCUT2D eigenvalue weighted by atomic mass is 32.1. The molecule has 0 spiro atoms. The van der Waals surface area contributed by atoms with Crippen LogP contribution in [0, 0.1) is 11.6 Å². The zero-order chi connectivity index (χ0) is 19.3. The number of fused-ring (bicyclic) bond motifs is 5. The molecule has 1 fully saturated rings. The van der Waals surface area contributed by atoms with Gasteiger partial charge in [-0.1, -0.05) is 6.07 Å². The van der Waals surface area contributed by atoms with Gasteiger partial charge in [0.15, 0.2) is 11.5 Å². The molecule has 1 N–H and O–H groups in total. The van der Waals surface area contributed by atoms with Crippen molar-refractivity contribution in [1.29, 1.82) is 0 Å². The van der Waals surface area contributed by atoms with Gasteiger partial charge in [-0.15, -0.1) is 11.3 Å². The van der Waals surface area contributed by atoms with Gasteiger partial charge in [0, 0.05) is 29.0 Å². The van der Waals surface area contributed by atoms with Crippen LogP contribution in [0.5, 0.6) is 0 Å². The van der Waals surface area contributed by atoms with Crippen molar-refractivity contribution in [1.82, 2.24) is 15.1 Å². The highest BCUT2D eigenvalue weighted by Gasteiger charge is 2.44. The van der Waals surface area contributed by atoms with E-state index < -0.39 is 11.6 Å². The van der Waals surface area contributed by atoms with Crippen LogP contribution in [-0.2, 0) is 6.42 Å². The zero-order valence-corrected chi connectivity index (χ0v) is 15.9. The smallest absolute Gasteiger partial charge is 0.272 e. The number of rotatable bonds is 5. The molecule has 2 heterocycles. The normalized spacial score (nSPS) is 19.8. The van der Waals surface area contributed by atoms with Crippen molar-refractivity contribution < 1.29 is 13.6 Å². The summed E-state index contributed by atoms with van der Waals surface area (Å²) < 4.78 is 29.3. The van der Waals surface area contributed by atoms with E-state index in [0.717, 1.165) is 43.0 Å². The second-order valence-electron chi connectivity index (χ2n) is 7.45. The molecule has 144 valence electrons. The number of amides is 1. The minimum Gasteiger partial charge on any atom is -0.350 e. The van der Waals surface area contributed by atoms with Gasteiger partial charge in [-0.3, -0.25) is 4.79 Å². The Morgan fingerprint density at radius 3 is 2.89 bits per heavy atom. The van der Waals surface area contributed by atoms with Crippen LogP contribution in [0.15, 0.2) is 35.7 Å². The third-order valence-electron chi connectivity index (χ3n) is 5.78. The summed E-state index contributed by atoms with van der Waals surface area (Å²) in [6.07, 6.45) is 3.80. The van der Waals surface area contributed by atoms with Crippen LogP contribution in [0.2, 0.25) is 0 Å². The Balaban J connectivity index is 1.47. The lowest BCUT2D eigenvalue weighted by Gasteiger charge is -2.14. The molecule has 4 nitrogen and oxygen atoms in total. The maximum absolute atomic E-state index is 14.4. The quantitative estimate of drug-likeness (QED) is 0.684. The Bertz CT molecular complexity index is 1040. The fourth-order valence-corrected chi connectivity index (χ4v) is 5.28. The molecule has 2 aliphatic rings. The molecule has 0 saturated heterocycles. The second-order valence-corrected chi connectivity index (χ2v) is 8.48. The highest BCUT2D eigenvalue weighted by Crippen LogP contribution is 2.54. The van der Waals surface area contributed by atoms with Crippen LogP contribution < -0.4 is 5.32 Å². The predicted octanol–water partition coefficient (Wildman–Crippen LogP) is 4.55. The van der Waals surface area contributed by atoms with Gasteiger partial charge < -0.3 is 5.32 Å². The molecule has 7 heteroatoms. The summed E-state index contributed by atoms with van der Waals surface area (Å²) in [5.41, 5.74) is 2.46. The molecule has 2 aliphatic carbocycles. The number of nitrogens with zero attached hydrogens (tertiary/aromatic N) is 2. The summed E-state index contributed by atoms with van der Waals surface area (Å²) in [4.78, 5) is 14.1. The minimum absolute atomic E-state index is 0.197. The van der Waals surface area contributed by atoms with Gasteiger partial charge in [0.05, 0.1) is 5.69 Å². The van der Waals surface area contributed by atoms with Crippen molar-refractivity contribution >= 4 is 17.2 Å². The Morgan fingerprint density at radius 2 is 2.11 bits per heavy atom. The highest BCUT2D eigenvalue weighted by molar-refractivity contribution is 7.09. The Hall–Kier alpha value is -2.54. The number of nitrogens with one attached hydrogen (secondary N) is 1. The monoisotopic (exact) mass is 399 g/mol. The van der Waals surface area contributed by atoms with E-state index in [0.29, 0.717) is 18.2 Å². The summed E-state index contributed by atoms with van der Waals surface area (Å²) in [7, 11) is 0. The number of carbonyl (C=O) groups excluding carboxylic acids is 1. The largest absolute Gasteiger partial charge is 0.350 e. The van der Waals surface area contributed by atoms with Crippen molar-refractivity contribution in [3.05, 3.63) is 69.2 Å². The van der Waals surface area contributed by atoms with Crippen LogP contribution >= 0.6 is 11.3 Å². The summed E-state index contributed by atoms with van der Waals surface area (Å²) >= 11 is 1.66. The predicted molar refractivity (Wildman–Crippen MR) is 103 cm³/mol. The first-order chi connectivity index (χ1) is 13.6. The van der Waals surface area contributed by atoms with Gasteiger partial charge in [-0.05, 0) is 55.2 Å². The van der Waals surface area contributed by atoms with Crippen molar-refractivity contribution in [2.24, 2.45) is 0 Å². The van der Waals surface area contributed by atoms with E-state index in [-0.39, 0.29) is 17.5 Å². The number of benzene rings is 1. The van der Waals surface area contributed by atoms with Crippen molar-refractivity contribution in [3.63, 3.8) is 0 Å².